The lowest BCUT2D eigenvalue weighted by Gasteiger charge is -2.06. The fourth-order valence-corrected chi connectivity index (χ4v) is 1.60. The number of aliphatic hydroxyl groups excluding tert-OH is 1. The van der Waals surface area contributed by atoms with Gasteiger partial charge in [-0.25, -0.2) is 0 Å². The van der Waals surface area contributed by atoms with Gasteiger partial charge in [-0.15, -0.1) is 0 Å². The highest BCUT2D eigenvalue weighted by atomic mass is 19.4. The number of benzene rings is 1. The summed E-state index contributed by atoms with van der Waals surface area (Å²) >= 11 is 0. The number of nitrogens with zero attached hydrogens (tertiary/aromatic N) is 3. The molecule has 1 unspecified atom stereocenters. The van der Waals surface area contributed by atoms with Crippen LogP contribution in [0, 0.1) is 11.8 Å². The molecular formula is C14H12F3N3O. The molecule has 1 heterocycles. The molecule has 0 aliphatic rings. The van der Waals surface area contributed by atoms with E-state index in [-0.39, 0.29) is 6.54 Å². The van der Waals surface area contributed by atoms with Crippen molar-refractivity contribution in [3.8, 4) is 23.1 Å². The first-order valence-corrected chi connectivity index (χ1v) is 6.10. The van der Waals surface area contributed by atoms with Crippen molar-refractivity contribution in [2.45, 2.75) is 25.7 Å². The zero-order valence-electron chi connectivity index (χ0n) is 11.1. The maximum atomic E-state index is 12.5. The Morgan fingerprint density at radius 3 is 2.52 bits per heavy atom. The van der Waals surface area contributed by atoms with Gasteiger partial charge in [0.05, 0.1) is 11.8 Å². The predicted octanol–water partition coefficient (Wildman–Crippen LogP) is 2.35. The largest absolute Gasteiger partial charge is 0.416 e. The molecule has 0 bridgehead atoms. The molecule has 0 fully saturated rings. The lowest BCUT2D eigenvalue weighted by Crippen LogP contribution is -2.04. The van der Waals surface area contributed by atoms with E-state index in [0.29, 0.717) is 11.3 Å². The molecule has 1 aromatic carbocycles. The minimum absolute atomic E-state index is 0.200. The summed E-state index contributed by atoms with van der Waals surface area (Å²) in [4.78, 5) is 1.31. The van der Waals surface area contributed by atoms with E-state index in [0.717, 1.165) is 12.1 Å². The van der Waals surface area contributed by atoms with Gasteiger partial charge in [-0.1, -0.05) is 24.0 Å². The first kappa shape index (κ1) is 15.1. The Bertz CT molecular complexity index is 663. The molecule has 2 aromatic rings. The van der Waals surface area contributed by atoms with Crippen LogP contribution in [0.3, 0.4) is 0 Å². The number of alkyl halides is 3. The molecule has 1 N–H and O–H groups in total. The summed E-state index contributed by atoms with van der Waals surface area (Å²) in [5.41, 5.74) is 0.293. The van der Waals surface area contributed by atoms with Gasteiger partial charge in [0.15, 0.2) is 0 Å². The number of aliphatic hydroxyl groups is 1. The van der Waals surface area contributed by atoms with Crippen LogP contribution in [0.2, 0.25) is 0 Å². The Morgan fingerprint density at radius 1 is 1.29 bits per heavy atom. The number of hydrogen-bond acceptors (Lipinski definition) is 3. The fraction of sp³-hybridized carbons (Fsp3) is 0.286. The SMILES string of the molecule is CC(O)C#CCn1ncc(-c2ccc(C(F)(F)F)cc2)n1. The summed E-state index contributed by atoms with van der Waals surface area (Å²) in [6, 6.07) is 4.69. The van der Waals surface area contributed by atoms with E-state index in [1.54, 1.807) is 0 Å². The van der Waals surface area contributed by atoms with Gasteiger partial charge >= 0.3 is 6.18 Å². The molecule has 1 atom stereocenters. The molecule has 0 saturated carbocycles. The van der Waals surface area contributed by atoms with Crippen LogP contribution in [-0.4, -0.2) is 26.2 Å². The summed E-state index contributed by atoms with van der Waals surface area (Å²) in [5, 5.41) is 17.1. The topological polar surface area (TPSA) is 50.9 Å². The van der Waals surface area contributed by atoms with Gasteiger partial charge in [0.25, 0.3) is 0 Å². The van der Waals surface area contributed by atoms with Crippen molar-refractivity contribution in [3.63, 3.8) is 0 Å². The van der Waals surface area contributed by atoms with Crippen molar-refractivity contribution in [3.05, 3.63) is 36.0 Å². The van der Waals surface area contributed by atoms with Crippen molar-refractivity contribution >= 4 is 0 Å². The molecule has 2 rings (SSSR count). The van der Waals surface area contributed by atoms with E-state index in [1.807, 2.05) is 0 Å². The molecule has 7 heteroatoms. The van der Waals surface area contributed by atoms with E-state index in [2.05, 4.69) is 22.0 Å². The molecular weight excluding hydrogens is 283 g/mol. The quantitative estimate of drug-likeness (QED) is 0.865. The average Bonchev–Trinajstić information content (AvgIpc) is 2.86. The smallest absolute Gasteiger partial charge is 0.381 e. The highest BCUT2D eigenvalue weighted by Crippen LogP contribution is 2.30. The van der Waals surface area contributed by atoms with E-state index < -0.39 is 17.8 Å². The highest BCUT2D eigenvalue weighted by molar-refractivity contribution is 5.58. The zero-order chi connectivity index (χ0) is 15.5. The van der Waals surface area contributed by atoms with Gasteiger partial charge in [-0.3, -0.25) is 0 Å². The van der Waals surface area contributed by atoms with Crippen LogP contribution in [-0.2, 0) is 12.7 Å². The van der Waals surface area contributed by atoms with Gasteiger partial charge in [0, 0.05) is 5.56 Å². The van der Waals surface area contributed by atoms with Crippen molar-refractivity contribution in [1.29, 1.82) is 0 Å². The van der Waals surface area contributed by atoms with Gasteiger partial charge in [-0.05, 0) is 19.1 Å². The third-order valence-corrected chi connectivity index (χ3v) is 2.58. The average molecular weight is 295 g/mol. The van der Waals surface area contributed by atoms with Crippen molar-refractivity contribution < 1.29 is 18.3 Å². The van der Waals surface area contributed by atoms with Gasteiger partial charge in [0.1, 0.15) is 18.3 Å². The molecule has 0 aliphatic carbocycles. The lowest BCUT2D eigenvalue weighted by atomic mass is 10.1. The zero-order valence-corrected chi connectivity index (χ0v) is 11.1. The Balaban J connectivity index is 2.13. The van der Waals surface area contributed by atoms with Crippen LogP contribution in [0.5, 0.6) is 0 Å². The highest BCUT2D eigenvalue weighted by Gasteiger charge is 2.30. The predicted molar refractivity (Wildman–Crippen MR) is 69.9 cm³/mol. The van der Waals surface area contributed by atoms with E-state index >= 15 is 0 Å². The fourth-order valence-electron chi connectivity index (χ4n) is 1.60. The third kappa shape index (κ3) is 4.07. The number of rotatable bonds is 2. The van der Waals surface area contributed by atoms with Crippen LogP contribution in [0.15, 0.2) is 30.5 Å². The van der Waals surface area contributed by atoms with E-state index in [9.17, 15) is 13.2 Å². The summed E-state index contributed by atoms with van der Waals surface area (Å²) in [7, 11) is 0. The molecule has 0 radical (unpaired) electrons. The molecule has 110 valence electrons. The van der Waals surface area contributed by atoms with Crippen LogP contribution in [0.25, 0.3) is 11.3 Å². The third-order valence-electron chi connectivity index (χ3n) is 2.58. The second-order valence-electron chi connectivity index (χ2n) is 4.33. The normalized spacial score (nSPS) is 12.6. The van der Waals surface area contributed by atoms with Crippen LogP contribution in [0.4, 0.5) is 13.2 Å². The molecule has 0 saturated heterocycles. The Hall–Kier alpha value is -2.33. The first-order valence-electron chi connectivity index (χ1n) is 6.10. The molecule has 0 spiro atoms. The summed E-state index contributed by atoms with van der Waals surface area (Å²) in [5.74, 6) is 5.23. The van der Waals surface area contributed by atoms with Crippen LogP contribution >= 0.6 is 0 Å². The summed E-state index contributed by atoms with van der Waals surface area (Å²) in [6.07, 6.45) is -3.63. The van der Waals surface area contributed by atoms with Gasteiger partial charge < -0.3 is 5.11 Å². The second-order valence-corrected chi connectivity index (χ2v) is 4.33. The Labute approximate surface area is 119 Å². The van der Waals surface area contributed by atoms with E-state index in [4.69, 9.17) is 5.11 Å². The second kappa shape index (κ2) is 5.97. The van der Waals surface area contributed by atoms with Crippen LogP contribution in [0.1, 0.15) is 12.5 Å². The minimum atomic E-state index is -4.35. The van der Waals surface area contributed by atoms with Gasteiger partial charge in [0.2, 0.25) is 0 Å². The van der Waals surface area contributed by atoms with E-state index in [1.165, 1.54) is 30.0 Å². The molecule has 0 aliphatic heterocycles. The maximum Gasteiger partial charge on any atom is 0.416 e. The Morgan fingerprint density at radius 2 is 1.95 bits per heavy atom. The number of halogens is 3. The summed E-state index contributed by atoms with van der Waals surface area (Å²) < 4.78 is 37.4. The minimum Gasteiger partial charge on any atom is -0.381 e. The number of hydrogen-bond donors (Lipinski definition) is 1. The molecule has 1 aromatic heterocycles. The lowest BCUT2D eigenvalue weighted by molar-refractivity contribution is -0.137. The standard InChI is InChI=1S/C14H12F3N3O/c1-10(21)3-2-8-20-18-9-13(19-20)11-4-6-12(7-5-11)14(15,16)17/h4-7,9-10,21H,8H2,1H3. The molecule has 4 nitrogen and oxygen atoms in total. The van der Waals surface area contributed by atoms with Crippen molar-refractivity contribution in [2.75, 3.05) is 0 Å². The van der Waals surface area contributed by atoms with Crippen molar-refractivity contribution in [2.24, 2.45) is 0 Å². The maximum absolute atomic E-state index is 12.5. The monoisotopic (exact) mass is 295 g/mol. The van der Waals surface area contributed by atoms with Gasteiger partial charge in [-0.2, -0.15) is 28.2 Å². The number of aromatic nitrogens is 3. The van der Waals surface area contributed by atoms with Crippen molar-refractivity contribution in [1.82, 2.24) is 15.0 Å². The first-order chi connectivity index (χ1) is 9.86. The Kier molecular flexibility index (Phi) is 4.29. The molecule has 21 heavy (non-hydrogen) atoms. The molecule has 0 amide bonds. The van der Waals surface area contributed by atoms with Crippen LogP contribution < -0.4 is 0 Å². The summed E-state index contributed by atoms with van der Waals surface area (Å²) in [6.45, 7) is 1.74.